The molecule has 0 bridgehead atoms. The monoisotopic (exact) mass is 268 g/mol. The third-order valence-electron chi connectivity index (χ3n) is 3.13. The molecule has 0 unspecified atom stereocenters. The second-order valence-corrected chi connectivity index (χ2v) is 4.98. The number of aromatic nitrogens is 1. The second-order valence-electron chi connectivity index (χ2n) is 4.57. The molecule has 4 nitrogen and oxygen atoms in total. The molecule has 1 aliphatic heterocycles. The quantitative estimate of drug-likeness (QED) is 0.914. The Kier molecular flexibility index (Phi) is 4.55. The zero-order valence-corrected chi connectivity index (χ0v) is 11.2. The number of carbonyl (C=O) groups is 1. The Morgan fingerprint density at radius 3 is 2.94 bits per heavy atom. The van der Waals surface area contributed by atoms with Gasteiger partial charge in [-0.05, 0) is 31.7 Å². The van der Waals surface area contributed by atoms with E-state index in [-0.39, 0.29) is 5.91 Å². The average molecular weight is 269 g/mol. The van der Waals surface area contributed by atoms with Crippen LogP contribution < -0.4 is 5.32 Å². The van der Waals surface area contributed by atoms with E-state index in [2.05, 4.69) is 10.3 Å². The minimum Gasteiger partial charge on any atom is -0.381 e. The van der Waals surface area contributed by atoms with Crippen molar-refractivity contribution in [3.05, 3.63) is 28.5 Å². The summed E-state index contributed by atoms with van der Waals surface area (Å²) in [6.07, 6.45) is 3.53. The number of halogens is 1. The highest BCUT2D eigenvalue weighted by molar-refractivity contribution is 6.33. The molecule has 0 radical (unpaired) electrons. The van der Waals surface area contributed by atoms with Gasteiger partial charge in [-0.15, -0.1) is 0 Å². The predicted octanol–water partition coefficient (Wildman–Crippen LogP) is 2.20. The van der Waals surface area contributed by atoms with Crippen molar-refractivity contribution in [3.63, 3.8) is 0 Å². The summed E-state index contributed by atoms with van der Waals surface area (Å²) >= 11 is 6.03. The van der Waals surface area contributed by atoms with Crippen molar-refractivity contribution in [2.24, 2.45) is 5.92 Å². The minimum absolute atomic E-state index is 0.154. The van der Waals surface area contributed by atoms with Crippen molar-refractivity contribution in [1.29, 1.82) is 0 Å². The van der Waals surface area contributed by atoms with Gasteiger partial charge in [0.05, 0.1) is 10.6 Å². The van der Waals surface area contributed by atoms with E-state index in [4.69, 9.17) is 16.3 Å². The first-order chi connectivity index (χ1) is 8.66. The molecule has 2 heterocycles. The first-order valence-electron chi connectivity index (χ1n) is 6.15. The van der Waals surface area contributed by atoms with Gasteiger partial charge >= 0.3 is 0 Å². The second kappa shape index (κ2) is 6.16. The summed E-state index contributed by atoms with van der Waals surface area (Å²) in [5.41, 5.74) is 1.25. The van der Waals surface area contributed by atoms with Crippen LogP contribution in [0.5, 0.6) is 0 Å². The maximum absolute atomic E-state index is 12.0. The average Bonchev–Trinajstić information content (AvgIpc) is 2.37. The first-order valence-corrected chi connectivity index (χ1v) is 6.52. The summed E-state index contributed by atoms with van der Waals surface area (Å²) in [4.78, 5) is 16.0. The molecule has 1 amide bonds. The van der Waals surface area contributed by atoms with E-state index in [1.165, 1.54) is 6.20 Å². The summed E-state index contributed by atoms with van der Waals surface area (Å²) in [6.45, 7) is 4.09. The van der Waals surface area contributed by atoms with Gasteiger partial charge in [0.15, 0.2) is 0 Å². The lowest BCUT2D eigenvalue weighted by Crippen LogP contribution is -2.32. The lowest BCUT2D eigenvalue weighted by molar-refractivity contribution is 0.0642. The molecule has 2 rings (SSSR count). The summed E-state index contributed by atoms with van der Waals surface area (Å²) in [6, 6.07) is 1.70. The largest absolute Gasteiger partial charge is 0.381 e. The SMILES string of the molecule is Cc1cc(Cl)c(C(=O)NCC2CCOCC2)cn1. The van der Waals surface area contributed by atoms with Crippen LogP contribution in [0.15, 0.2) is 12.3 Å². The van der Waals surface area contributed by atoms with E-state index in [9.17, 15) is 4.79 Å². The maximum Gasteiger partial charge on any atom is 0.254 e. The van der Waals surface area contributed by atoms with Crippen LogP contribution in [0.2, 0.25) is 5.02 Å². The number of rotatable bonds is 3. The van der Waals surface area contributed by atoms with Crippen molar-refractivity contribution < 1.29 is 9.53 Å². The molecule has 0 spiro atoms. The fraction of sp³-hybridized carbons (Fsp3) is 0.538. The van der Waals surface area contributed by atoms with Crippen molar-refractivity contribution in [3.8, 4) is 0 Å². The number of nitrogens with one attached hydrogen (secondary N) is 1. The first kappa shape index (κ1) is 13.3. The topological polar surface area (TPSA) is 51.2 Å². The van der Waals surface area contributed by atoms with Crippen LogP contribution >= 0.6 is 11.6 Å². The normalized spacial score (nSPS) is 16.6. The minimum atomic E-state index is -0.154. The third kappa shape index (κ3) is 3.43. The molecule has 1 aromatic rings. The molecule has 5 heteroatoms. The molecule has 1 fully saturated rings. The molecular formula is C13H17ClN2O2. The molecule has 0 atom stereocenters. The molecule has 18 heavy (non-hydrogen) atoms. The summed E-state index contributed by atoms with van der Waals surface area (Å²) in [5.74, 6) is 0.346. The van der Waals surface area contributed by atoms with E-state index in [1.807, 2.05) is 6.92 Å². The van der Waals surface area contributed by atoms with E-state index < -0.39 is 0 Å². The zero-order chi connectivity index (χ0) is 13.0. The Hall–Kier alpha value is -1.13. The fourth-order valence-corrected chi connectivity index (χ4v) is 2.27. The molecule has 1 aromatic heterocycles. The molecular weight excluding hydrogens is 252 g/mol. The predicted molar refractivity (Wildman–Crippen MR) is 69.9 cm³/mol. The van der Waals surface area contributed by atoms with Gasteiger partial charge in [-0.3, -0.25) is 9.78 Å². The smallest absolute Gasteiger partial charge is 0.254 e. The lowest BCUT2D eigenvalue weighted by atomic mass is 10.0. The Labute approximate surface area is 112 Å². The number of amides is 1. The van der Waals surface area contributed by atoms with Gasteiger partial charge in [-0.1, -0.05) is 11.6 Å². The van der Waals surface area contributed by atoms with Crippen molar-refractivity contribution in [2.45, 2.75) is 19.8 Å². The number of hydrogen-bond acceptors (Lipinski definition) is 3. The van der Waals surface area contributed by atoms with Crippen LogP contribution in [-0.4, -0.2) is 30.6 Å². The summed E-state index contributed by atoms with van der Waals surface area (Å²) in [5, 5.41) is 3.36. The molecule has 0 aromatic carbocycles. The molecule has 1 aliphatic rings. The van der Waals surface area contributed by atoms with Crippen LogP contribution in [-0.2, 0) is 4.74 Å². The molecule has 98 valence electrons. The molecule has 1 N–H and O–H groups in total. The van der Waals surface area contributed by atoms with Gasteiger partial charge in [0.2, 0.25) is 0 Å². The highest BCUT2D eigenvalue weighted by atomic mass is 35.5. The van der Waals surface area contributed by atoms with Gasteiger partial charge in [-0.2, -0.15) is 0 Å². The number of nitrogens with zero attached hydrogens (tertiary/aromatic N) is 1. The van der Waals surface area contributed by atoms with Crippen LogP contribution in [0.4, 0.5) is 0 Å². The van der Waals surface area contributed by atoms with Gasteiger partial charge in [0.25, 0.3) is 5.91 Å². The number of ether oxygens (including phenoxy) is 1. The number of pyridine rings is 1. The third-order valence-corrected chi connectivity index (χ3v) is 3.44. The van der Waals surface area contributed by atoms with Crippen molar-refractivity contribution >= 4 is 17.5 Å². The van der Waals surface area contributed by atoms with Crippen molar-refractivity contribution in [1.82, 2.24) is 10.3 Å². The molecule has 0 aliphatic carbocycles. The zero-order valence-electron chi connectivity index (χ0n) is 10.4. The van der Waals surface area contributed by atoms with Crippen LogP contribution in [0.25, 0.3) is 0 Å². The van der Waals surface area contributed by atoms with Crippen molar-refractivity contribution in [2.75, 3.05) is 19.8 Å². The summed E-state index contributed by atoms with van der Waals surface area (Å²) in [7, 11) is 0. The number of carbonyl (C=O) groups excluding carboxylic acids is 1. The van der Waals surface area contributed by atoms with Crippen LogP contribution in [0.1, 0.15) is 28.9 Å². The van der Waals surface area contributed by atoms with E-state index in [0.29, 0.717) is 23.0 Å². The van der Waals surface area contributed by atoms with E-state index in [1.54, 1.807) is 6.07 Å². The Balaban J connectivity index is 1.90. The maximum atomic E-state index is 12.0. The van der Waals surface area contributed by atoms with Gasteiger partial charge < -0.3 is 10.1 Å². The Bertz CT molecular complexity index is 431. The van der Waals surface area contributed by atoms with E-state index >= 15 is 0 Å². The standard InChI is InChI=1S/C13H17ClN2O2/c1-9-6-12(14)11(8-15-9)13(17)16-7-10-2-4-18-5-3-10/h6,8,10H,2-5,7H2,1H3,(H,16,17). The highest BCUT2D eigenvalue weighted by Crippen LogP contribution is 2.17. The Morgan fingerprint density at radius 2 is 2.28 bits per heavy atom. The van der Waals surface area contributed by atoms with Gasteiger partial charge in [0, 0.05) is 31.6 Å². The molecule has 0 saturated carbocycles. The lowest BCUT2D eigenvalue weighted by Gasteiger charge is -2.22. The number of aryl methyl sites for hydroxylation is 1. The van der Waals surface area contributed by atoms with Gasteiger partial charge in [-0.25, -0.2) is 0 Å². The van der Waals surface area contributed by atoms with Crippen LogP contribution in [0, 0.1) is 12.8 Å². The summed E-state index contributed by atoms with van der Waals surface area (Å²) < 4.78 is 5.28. The Morgan fingerprint density at radius 1 is 1.56 bits per heavy atom. The van der Waals surface area contributed by atoms with Crippen LogP contribution in [0.3, 0.4) is 0 Å². The van der Waals surface area contributed by atoms with Gasteiger partial charge in [0.1, 0.15) is 0 Å². The highest BCUT2D eigenvalue weighted by Gasteiger charge is 2.16. The van der Waals surface area contributed by atoms with E-state index in [0.717, 1.165) is 31.7 Å². The fourth-order valence-electron chi connectivity index (χ4n) is 1.98. The number of hydrogen-bond donors (Lipinski definition) is 1. The molecule has 1 saturated heterocycles.